The van der Waals surface area contributed by atoms with Gasteiger partial charge in [0.1, 0.15) is 0 Å². The molecule has 1 fully saturated rings. The monoisotopic (exact) mass is 416 g/mol. The third-order valence-electron chi connectivity index (χ3n) is 4.39. The highest BCUT2D eigenvalue weighted by molar-refractivity contribution is 6.31. The molecule has 0 spiro atoms. The Labute approximate surface area is 184 Å². The molecule has 4 nitrogen and oxygen atoms in total. The maximum absolute atomic E-state index is 8.88. The zero-order chi connectivity index (χ0) is 26.3. The Morgan fingerprint density at radius 2 is 1.11 bits per heavy atom. The van der Waals surface area contributed by atoms with Crippen molar-refractivity contribution in [3.63, 3.8) is 0 Å². The topological polar surface area (TPSA) is 32.3 Å². The van der Waals surface area contributed by atoms with Gasteiger partial charge in [0, 0.05) is 70.6 Å². The first kappa shape index (κ1) is 10.8. The van der Waals surface area contributed by atoms with Crippen molar-refractivity contribution < 1.29 is 11.0 Å². The number of halogens is 2. The van der Waals surface area contributed by atoms with Crippen LogP contribution in [0.1, 0.15) is 11.0 Å². The van der Waals surface area contributed by atoms with E-state index in [-0.39, 0.29) is 11.4 Å². The maximum atomic E-state index is 8.88. The van der Waals surface area contributed by atoms with E-state index < -0.39 is 26.0 Å². The molecule has 0 unspecified atom stereocenters. The van der Waals surface area contributed by atoms with Crippen LogP contribution in [0.2, 0.25) is 10.0 Å². The summed E-state index contributed by atoms with van der Waals surface area (Å²) in [7, 11) is 0. The Balaban J connectivity index is 1.79. The smallest absolute Gasteiger partial charge is 0.0737 e. The van der Waals surface area contributed by atoms with Crippen LogP contribution in [0, 0.1) is 0 Å². The molecule has 140 valence electrons. The molecule has 4 aromatic rings. The van der Waals surface area contributed by atoms with Gasteiger partial charge in [0.05, 0.1) is 22.0 Å². The van der Waals surface area contributed by atoms with E-state index in [2.05, 4.69) is 9.97 Å². The fourth-order valence-corrected chi connectivity index (χ4v) is 3.43. The molecule has 0 N–H and O–H groups in total. The molecule has 3 heterocycles. The van der Waals surface area contributed by atoms with Crippen LogP contribution in [0.4, 0.5) is 11.4 Å². The summed E-state index contributed by atoms with van der Waals surface area (Å²) in [6, 6.07) is 11.8. The summed E-state index contributed by atoms with van der Waals surface area (Å²) in [6.07, 6.45) is 2.63. The molecule has 1 saturated heterocycles. The third kappa shape index (κ3) is 3.13. The lowest BCUT2D eigenvalue weighted by Gasteiger charge is -2.38. The molecule has 0 amide bonds. The quantitative estimate of drug-likeness (QED) is 0.436. The van der Waals surface area contributed by atoms with Crippen LogP contribution >= 0.6 is 23.2 Å². The van der Waals surface area contributed by atoms with Crippen LogP contribution in [0.15, 0.2) is 60.9 Å². The summed E-state index contributed by atoms with van der Waals surface area (Å²) < 4.78 is 71.1. The number of piperazine rings is 1. The van der Waals surface area contributed by atoms with E-state index in [0.29, 0.717) is 41.7 Å². The minimum Gasteiger partial charge on any atom is -0.367 e. The molecule has 0 radical (unpaired) electrons. The van der Waals surface area contributed by atoms with Crippen LogP contribution in [-0.4, -0.2) is 36.0 Å². The van der Waals surface area contributed by atoms with Gasteiger partial charge >= 0.3 is 0 Å². The van der Waals surface area contributed by atoms with Crippen molar-refractivity contribution in [3.05, 3.63) is 71.0 Å². The van der Waals surface area contributed by atoms with Gasteiger partial charge in [-0.05, 0) is 48.5 Å². The van der Waals surface area contributed by atoms with Gasteiger partial charge in [-0.2, -0.15) is 0 Å². The van der Waals surface area contributed by atoms with Gasteiger partial charge in [-0.15, -0.1) is 0 Å². The van der Waals surface area contributed by atoms with Gasteiger partial charge in [0.25, 0.3) is 0 Å². The highest BCUT2D eigenvalue weighted by Crippen LogP contribution is 2.31. The normalized spacial score (nSPS) is 26.2. The van der Waals surface area contributed by atoms with Gasteiger partial charge < -0.3 is 9.80 Å². The summed E-state index contributed by atoms with van der Waals surface area (Å²) in [6.45, 7) is -12.3. The minimum atomic E-state index is -3.07. The lowest BCUT2D eigenvalue weighted by atomic mass is 10.1. The molecule has 5 rings (SSSR count). The average Bonchev–Trinajstić information content (AvgIpc) is 2.77. The van der Waals surface area contributed by atoms with Crippen molar-refractivity contribution in [2.45, 2.75) is 0 Å². The first-order valence-corrected chi connectivity index (χ1v) is 9.16. The molecule has 0 aliphatic carbocycles. The number of hydrogen-bond acceptors (Lipinski definition) is 4. The van der Waals surface area contributed by atoms with Crippen LogP contribution in [0.25, 0.3) is 21.8 Å². The molecule has 0 atom stereocenters. The number of anilines is 2. The number of aromatic nitrogens is 2. The fourth-order valence-electron chi connectivity index (χ4n) is 3.10. The number of nitrogens with zero attached hydrogens (tertiary/aromatic N) is 4. The van der Waals surface area contributed by atoms with Crippen molar-refractivity contribution in [1.29, 1.82) is 0 Å². The molecule has 1 aliphatic heterocycles. The van der Waals surface area contributed by atoms with Gasteiger partial charge in [-0.25, -0.2) is 0 Å². The van der Waals surface area contributed by atoms with Gasteiger partial charge in [0.15, 0.2) is 0 Å². The van der Waals surface area contributed by atoms with E-state index in [1.165, 1.54) is 60.9 Å². The summed E-state index contributed by atoms with van der Waals surface area (Å²) in [5.74, 6) is 0. The van der Waals surface area contributed by atoms with E-state index in [1.807, 2.05) is 0 Å². The SMILES string of the molecule is [2H]C1([2H])N(c2ccnc3cc(Cl)ccc23)C([2H])([2H])C([2H])([2H])N(c2ccnc3cc(Cl)ccc23)C1([2H])[2H]. The molecule has 6 heteroatoms. The fraction of sp³-hybridized carbons (Fsp3) is 0.182. The van der Waals surface area contributed by atoms with Crippen LogP contribution in [-0.2, 0) is 0 Å². The average molecular weight is 417 g/mol. The molecule has 0 saturated carbocycles. The number of fused-ring (bicyclic) bond motifs is 2. The predicted molar refractivity (Wildman–Crippen MR) is 118 cm³/mol. The maximum Gasteiger partial charge on any atom is 0.0737 e. The van der Waals surface area contributed by atoms with Crippen molar-refractivity contribution >= 4 is 56.4 Å². The first-order chi connectivity index (χ1) is 16.7. The second-order valence-corrected chi connectivity index (χ2v) is 6.97. The Morgan fingerprint density at radius 3 is 1.54 bits per heavy atom. The standard InChI is InChI=1S/C22H18Cl2N4/c23-15-1-3-17-19(13-15)25-7-5-21(17)27-9-11-28(12-10-27)22-6-8-26-20-14-16(24)2-4-18(20)22/h1-8,13-14H,9-12H2/i9D2,10D2,11D2,12D2. The zero-order valence-electron chi connectivity index (χ0n) is 22.3. The summed E-state index contributed by atoms with van der Waals surface area (Å²) in [4.78, 5) is 9.44. The molecule has 28 heavy (non-hydrogen) atoms. The second kappa shape index (κ2) is 7.12. The van der Waals surface area contributed by atoms with E-state index in [4.69, 9.17) is 34.2 Å². The van der Waals surface area contributed by atoms with Crippen molar-refractivity contribution in [2.24, 2.45) is 0 Å². The largest absolute Gasteiger partial charge is 0.367 e. The van der Waals surface area contributed by atoms with Gasteiger partial charge in [-0.3, -0.25) is 9.97 Å². The lowest BCUT2D eigenvalue weighted by molar-refractivity contribution is 0.656. The van der Waals surface area contributed by atoms with Crippen LogP contribution in [0.3, 0.4) is 0 Å². The number of pyridine rings is 2. The van der Waals surface area contributed by atoms with E-state index in [1.54, 1.807) is 0 Å². The van der Waals surface area contributed by atoms with Crippen LogP contribution < -0.4 is 9.80 Å². The minimum absolute atomic E-state index is 0.0644. The Kier molecular flexibility index (Phi) is 2.76. The highest BCUT2D eigenvalue weighted by atomic mass is 35.5. The molecule has 1 aliphatic rings. The summed E-state index contributed by atoms with van der Waals surface area (Å²) in [5, 5.41) is 1.30. The molecule has 2 aromatic heterocycles. The molecular weight excluding hydrogens is 391 g/mol. The molecule has 0 bridgehead atoms. The Bertz CT molecular complexity index is 1370. The molecule has 2 aromatic carbocycles. The van der Waals surface area contributed by atoms with E-state index in [0.717, 1.165) is 0 Å². The summed E-state index contributed by atoms with van der Waals surface area (Å²) >= 11 is 12.1. The van der Waals surface area contributed by atoms with Crippen molar-refractivity contribution in [3.8, 4) is 0 Å². The third-order valence-corrected chi connectivity index (χ3v) is 4.86. The first-order valence-electron chi connectivity index (χ1n) is 12.4. The highest BCUT2D eigenvalue weighted by Gasteiger charge is 2.20. The summed E-state index contributed by atoms with van der Waals surface area (Å²) in [5.41, 5.74) is 0.523. The number of rotatable bonds is 2. The predicted octanol–water partition coefficient (Wildman–Crippen LogP) is 5.42. The zero-order valence-corrected chi connectivity index (χ0v) is 15.8. The Hall–Kier alpha value is -2.56. The second-order valence-electron chi connectivity index (χ2n) is 6.10. The van der Waals surface area contributed by atoms with Gasteiger partial charge in [-0.1, -0.05) is 23.2 Å². The number of hydrogen-bond donors (Lipinski definition) is 0. The molecular formula is C22H18Cl2N4. The van der Waals surface area contributed by atoms with E-state index in [9.17, 15) is 0 Å². The van der Waals surface area contributed by atoms with Crippen LogP contribution in [0.5, 0.6) is 0 Å². The Morgan fingerprint density at radius 1 is 0.679 bits per heavy atom. The van der Waals surface area contributed by atoms with Crippen molar-refractivity contribution in [2.75, 3.05) is 35.8 Å². The lowest BCUT2D eigenvalue weighted by Crippen LogP contribution is -2.46. The van der Waals surface area contributed by atoms with Crippen molar-refractivity contribution in [1.82, 2.24) is 9.97 Å². The van der Waals surface area contributed by atoms with Gasteiger partial charge in [0.2, 0.25) is 0 Å². The number of benzene rings is 2. The van der Waals surface area contributed by atoms with E-state index >= 15 is 0 Å².